The highest BCUT2D eigenvalue weighted by Crippen LogP contribution is 2.30. The van der Waals surface area contributed by atoms with E-state index in [4.69, 9.17) is 14.7 Å². The summed E-state index contributed by atoms with van der Waals surface area (Å²) in [4.78, 5) is 32.2. The van der Waals surface area contributed by atoms with E-state index in [9.17, 15) is 13.6 Å². The molecule has 220 valence electrons. The zero-order valence-corrected chi connectivity index (χ0v) is 23.0. The van der Waals surface area contributed by atoms with Crippen LogP contribution in [0.2, 0.25) is 0 Å². The van der Waals surface area contributed by atoms with E-state index in [2.05, 4.69) is 30.8 Å². The first-order valence-electron chi connectivity index (χ1n) is 14.2. The maximum absolute atomic E-state index is 14.1. The van der Waals surface area contributed by atoms with Crippen molar-refractivity contribution in [2.75, 3.05) is 36.5 Å². The molecule has 3 N–H and O–H groups in total. The second kappa shape index (κ2) is 12.6. The van der Waals surface area contributed by atoms with E-state index in [0.29, 0.717) is 61.5 Å². The van der Waals surface area contributed by atoms with Gasteiger partial charge in [0.05, 0.1) is 24.2 Å². The summed E-state index contributed by atoms with van der Waals surface area (Å²) < 4.78 is 35.2. The number of alkyl halides is 2. The van der Waals surface area contributed by atoms with Gasteiger partial charge in [-0.15, -0.1) is 0 Å². The molecule has 2 fully saturated rings. The van der Waals surface area contributed by atoms with E-state index in [1.54, 1.807) is 42.7 Å². The van der Waals surface area contributed by atoms with E-state index in [1.165, 1.54) is 4.57 Å². The minimum Gasteiger partial charge on any atom is -0.378 e. The second-order valence-electron chi connectivity index (χ2n) is 10.5. The Balaban J connectivity index is 1.17. The number of nitrogens with one attached hydrogen (secondary N) is 3. The number of rotatable bonds is 8. The number of aromatic nitrogens is 5. The third-order valence-electron chi connectivity index (χ3n) is 7.64. The van der Waals surface area contributed by atoms with Crippen LogP contribution in [0.25, 0.3) is 16.9 Å². The summed E-state index contributed by atoms with van der Waals surface area (Å²) in [6.07, 6.45) is 3.79. The van der Waals surface area contributed by atoms with Crippen LogP contribution in [0, 0.1) is 0 Å². The van der Waals surface area contributed by atoms with Gasteiger partial charge in [-0.05, 0) is 55.5 Å². The van der Waals surface area contributed by atoms with Gasteiger partial charge in [0.2, 0.25) is 5.95 Å². The highest BCUT2D eigenvalue weighted by molar-refractivity contribution is 5.78. The molecular formula is C29H33F2N9O2. The molecule has 1 saturated heterocycles. The molecule has 0 radical (unpaired) electrons. The number of halogens is 2. The van der Waals surface area contributed by atoms with E-state index >= 15 is 0 Å². The molecule has 4 aromatic rings. The molecule has 6 rings (SSSR count). The third-order valence-corrected chi connectivity index (χ3v) is 7.64. The van der Waals surface area contributed by atoms with Crippen molar-refractivity contribution >= 4 is 28.8 Å². The Morgan fingerprint density at radius 2 is 1.67 bits per heavy atom. The van der Waals surface area contributed by atoms with Gasteiger partial charge in [-0.2, -0.15) is 9.97 Å². The fourth-order valence-electron chi connectivity index (χ4n) is 5.47. The van der Waals surface area contributed by atoms with Gasteiger partial charge in [0.1, 0.15) is 11.6 Å². The van der Waals surface area contributed by atoms with Crippen LogP contribution in [0.15, 0.2) is 54.9 Å². The molecule has 1 aliphatic heterocycles. The minimum absolute atomic E-state index is 0.0579. The molecule has 11 nitrogen and oxygen atoms in total. The lowest BCUT2D eigenvalue weighted by Gasteiger charge is -2.31. The average molecular weight is 578 g/mol. The Morgan fingerprint density at radius 1 is 0.952 bits per heavy atom. The first-order chi connectivity index (χ1) is 20.5. The number of hydrogen-bond donors (Lipinski definition) is 3. The number of anilines is 2. The van der Waals surface area contributed by atoms with Crippen molar-refractivity contribution in [3.63, 3.8) is 0 Å². The number of carbonyl (C=O) groups is 1. The van der Waals surface area contributed by atoms with Gasteiger partial charge in [-0.1, -0.05) is 12.1 Å². The maximum atomic E-state index is 14.1. The Bertz CT molecular complexity index is 1500. The van der Waals surface area contributed by atoms with Gasteiger partial charge in [0.15, 0.2) is 5.82 Å². The number of imidazole rings is 1. The number of benzene rings is 1. The number of urea groups is 1. The fraction of sp³-hybridized carbons (Fsp3) is 0.414. The number of morpholine rings is 1. The van der Waals surface area contributed by atoms with Crippen molar-refractivity contribution in [3.05, 3.63) is 66.2 Å². The minimum atomic E-state index is -2.78. The van der Waals surface area contributed by atoms with Crippen molar-refractivity contribution in [1.82, 2.24) is 35.1 Å². The van der Waals surface area contributed by atoms with Crippen LogP contribution in [0.5, 0.6) is 0 Å². The van der Waals surface area contributed by atoms with Crippen molar-refractivity contribution in [1.29, 1.82) is 0 Å². The Kier molecular flexibility index (Phi) is 8.35. The lowest BCUT2D eigenvalue weighted by molar-refractivity contribution is 0.122. The lowest BCUT2D eigenvalue weighted by atomic mass is 9.91. The molecule has 1 saturated carbocycles. The van der Waals surface area contributed by atoms with E-state index in [-0.39, 0.29) is 23.9 Å². The van der Waals surface area contributed by atoms with Gasteiger partial charge in [-0.25, -0.2) is 18.6 Å². The number of ether oxygens (including phenoxy) is 1. The summed E-state index contributed by atoms with van der Waals surface area (Å²) in [7, 11) is 0. The predicted molar refractivity (Wildman–Crippen MR) is 154 cm³/mol. The van der Waals surface area contributed by atoms with Gasteiger partial charge in [0, 0.05) is 50.2 Å². The third kappa shape index (κ3) is 6.40. The van der Waals surface area contributed by atoms with Crippen molar-refractivity contribution in [2.45, 2.75) is 50.7 Å². The van der Waals surface area contributed by atoms with Crippen LogP contribution in [-0.4, -0.2) is 68.9 Å². The molecule has 2 amide bonds. The summed E-state index contributed by atoms with van der Waals surface area (Å²) in [6, 6.07) is 12.4. The van der Waals surface area contributed by atoms with E-state index in [1.807, 2.05) is 12.1 Å². The zero-order valence-electron chi connectivity index (χ0n) is 23.0. The number of amides is 2. The number of nitrogens with zero attached hydrogens (tertiary/aromatic N) is 6. The van der Waals surface area contributed by atoms with Crippen LogP contribution >= 0.6 is 0 Å². The van der Waals surface area contributed by atoms with Crippen LogP contribution < -0.4 is 20.9 Å². The number of hydrogen-bond acceptors (Lipinski definition) is 8. The van der Waals surface area contributed by atoms with Gasteiger partial charge in [-0.3, -0.25) is 9.55 Å². The molecular weight excluding hydrogens is 544 g/mol. The SMILES string of the molecule is O=C(NCc1ccncc1)NC1CCC(Nc2nc(N3CCOCC3)cc(-n3c(C(F)F)nc4ccccc43)n2)CC1. The molecule has 0 spiro atoms. The van der Waals surface area contributed by atoms with Crippen molar-refractivity contribution in [3.8, 4) is 5.82 Å². The summed E-state index contributed by atoms with van der Waals surface area (Å²) in [6.45, 7) is 2.84. The van der Waals surface area contributed by atoms with E-state index < -0.39 is 6.43 Å². The summed E-state index contributed by atoms with van der Waals surface area (Å²) in [5.41, 5.74) is 2.01. The molecule has 1 aromatic carbocycles. The topological polar surface area (TPSA) is 122 Å². The number of carbonyl (C=O) groups excluding carboxylic acids is 1. The molecule has 42 heavy (non-hydrogen) atoms. The van der Waals surface area contributed by atoms with Crippen molar-refractivity contribution < 1.29 is 18.3 Å². The second-order valence-corrected chi connectivity index (χ2v) is 10.5. The Morgan fingerprint density at radius 3 is 2.43 bits per heavy atom. The summed E-state index contributed by atoms with van der Waals surface area (Å²) in [5.74, 6) is 0.991. The standard InChI is InChI=1S/C29H33F2N9O2/c30-26(31)27-36-22-3-1-2-4-23(22)40(27)25-17-24(39-13-15-42-16-14-39)37-28(38-25)34-20-5-7-21(8-6-20)35-29(41)33-18-19-9-11-32-12-10-19/h1-4,9-12,17,20-21,26H,5-8,13-16,18H2,(H2,33,35,41)(H,34,37,38). The van der Waals surface area contributed by atoms with Crippen LogP contribution in [0.4, 0.5) is 25.3 Å². The summed E-state index contributed by atoms with van der Waals surface area (Å²) >= 11 is 0. The largest absolute Gasteiger partial charge is 0.378 e. The number of para-hydroxylation sites is 2. The highest BCUT2D eigenvalue weighted by Gasteiger charge is 2.26. The quantitative estimate of drug-likeness (QED) is 0.285. The smallest absolute Gasteiger partial charge is 0.315 e. The molecule has 2 aliphatic rings. The molecule has 0 unspecified atom stereocenters. The maximum Gasteiger partial charge on any atom is 0.315 e. The van der Waals surface area contributed by atoms with Gasteiger partial charge in [0.25, 0.3) is 6.43 Å². The fourth-order valence-corrected chi connectivity index (χ4v) is 5.47. The summed E-state index contributed by atoms with van der Waals surface area (Å²) in [5, 5.41) is 9.40. The molecule has 1 aliphatic carbocycles. The molecule has 4 heterocycles. The lowest BCUT2D eigenvalue weighted by Crippen LogP contribution is -2.44. The van der Waals surface area contributed by atoms with Gasteiger partial charge < -0.3 is 25.6 Å². The van der Waals surface area contributed by atoms with Crippen LogP contribution in [0.1, 0.15) is 43.5 Å². The van der Waals surface area contributed by atoms with Crippen molar-refractivity contribution in [2.24, 2.45) is 0 Å². The molecule has 0 bridgehead atoms. The molecule has 13 heteroatoms. The number of pyridine rings is 1. The van der Waals surface area contributed by atoms with E-state index in [0.717, 1.165) is 31.2 Å². The molecule has 3 aromatic heterocycles. The average Bonchev–Trinajstić information content (AvgIpc) is 3.42. The Labute approximate surface area is 241 Å². The first kappa shape index (κ1) is 27.8. The normalized spacial score (nSPS) is 19.2. The first-order valence-corrected chi connectivity index (χ1v) is 14.2. The van der Waals surface area contributed by atoms with Crippen LogP contribution in [-0.2, 0) is 11.3 Å². The zero-order chi connectivity index (χ0) is 28.9. The molecule has 0 atom stereocenters. The van der Waals surface area contributed by atoms with Crippen LogP contribution in [0.3, 0.4) is 0 Å². The highest BCUT2D eigenvalue weighted by atomic mass is 19.3. The number of fused-ring (bicyclic) bond motifs is 1. The predicted octanol–water partition coefficient (Wildman–Crippen LogP) is 4.21. The Hall–Kier alpha value is -4.39. The van der Waals surface area contributed by atoms with Gasteiger partial charge >= 0.3 is 6.03 Å². The monoisotopic (exact) mass is 577 g/mol.